The number of aromatic nitrogens is 1. The van der Waals surface area contributed by atoms with Crippen LogP contribution < -0.4 is 18.1 Å². The third-order valence-electron chi connectivity index (χ3n) is 8.05. The molecule has 5 aromatic heterocycles. The van der Waals surface area contributed by atoms with Crippen molar-refractivity contribution in [2.75, 3.05) is 0 Å². The number of nitrogens with zero attached hydrogens (tertiary/aromatic N) is 5. The van der Waals surface area contributed by atoms with Crippen molar-refractivity contribution in [1.29, 1.82) is 21.0 Å². The van der Waals surface area contributed by atoms with Crippen LogP contribution in [0.4, 0.5) is 0 Å². The average Bonchev–Trinajstić information content (AvgIpc) is 3.92. The van der Waals surface area contributed by atoms with Crippen LogP contribution in [-0.4, -0.2) is 10.7 Å². The first-order valence-corrected chi connectivity index (χ1v) is 18.0. The first-order valence-electron chi connectivity index (χ1n) is 14.8. The van der Waals surface area contributed by atoms with Crippen LogP contribution in [0.1, 0.15) is 52.4 Å². The molecule has 1 aliphatic rings. The van der Waals surface area contributed by atoms with E-state index in [1.807, 2.05) is 48.5 Å². The van der Waals surface area contributed by atoms with Crippen molar-refractivity contribution in [1.82, 2.24) is 4.98 Å². The van der Waals surface area contributed by atoms with E-state index < -0.39 is 0 Å². The zero-order valence-corrected chi connectivity index (χ0v) is 29.9. The third kappa shape index (κ3) is 6.07. The van der Waals surface area contributed by atoms with Gasteiger partial charge in [-0.05, 0) is 112 Å². The lowest BCUT2D eigenvalue weighted by molar-refractivity contribution is 1.21. The van der Waals surface area contributed by atoms with Gasteiger partial charge in [0.05, 0.1) is 14.8 Å². The van der Waals surface area contributed by atoms with Crippen molar-refractivity contribution in [3.05, 3.63) is 110 Å². The van der Waals surface area contributed by atoms with E-state index >= 15 is 0 Å². The molecule has 1 N–H and O–H groups in total. The van der Waals surface area contributed by atoms with Gasteiger partial charge in [0.1, 0.15) is 35.4 Å². The summed E-state index contributed by atoms with van der Waals surface area (Å²) >= 11 is 6.29. The fourth-order valence-corrected chi connectivity index (χ4v) is 10.0. The molecular weight excluding hydrogens is 669 g/mol. The summed E-state index contributed by atoms with van der Waals surface area (Å²) in [5, 5.41) is 36.8. The number of aromatic amines is 1. The summed E-state index contributed by atoms with van der Waals surface area (Å²) in [6.45, 7) is 10.6. The molecule has 0 fully saturated rings. The Labute approximate surface area is 293 Å². The van der Waals surface area contributed by atoms with E-state index in [-0.39, 0.29) is 11.1 Å². The lowest BCUT2D eigenvalue weighted by Gasteiger charge is -2.07. The number of rotatable bonds is 5. The molecule has 1 aliphatic heterocycles. The number of allylic oxidation sites excluding steroid dienone is 3. The smallest absolute Gasteiger partial charge is 0.146 e. The van der Waals surface area contributed by atoms with Crippen LogP contribution in [0.15, 0.2) is 64.8 Å². The Kier molecular flexibility index (Phi) is 9.11. The first-order chi connectivity index (χ1) is 23.1. The van der Waals surface area contributed by atoms with E-state index in [0.29, 0.717) is 9.06 Å². The van der Waals surface area contributed by atoms with Gasteiger partial charge in [-0.1, -0.05) is 0 Å². The maximum absolute atomic E-state index is 9.19. The quantitative estimate of drug-likeness (QED) is 0.208. The number of nitriles is 4. The van der Waals surface area contributed by atoms with Gasteiger partial charge in [-0.15, -0.1) is 45.3 Å². The second-order valence-corrected chi connectivity index (χ2v) is 15.6. The molecule has 10 heteroatoms. The molecule has 0 atom stereocenters. The van der Waals surface area contributed by atoms with Gasteiger partial charge in [-0.25, -0.2) is 0 Å². The fraction of sp³-hybridized carbons (Fsp3) is 0.132. The third-order valence-corrected chi connectivity index (χ3v) is 12.2. The molecule has 5 aromatic rings. The van der Waals surface area contributed by atoms with E-state index in [1.165, 1.54) is 38.7 Å². The summed E-state index contributed by atoms with van der Waals surface area (Å²) in [4.78, 5) is 13.2. The maximum Gasteiger partial charge on any atom is 0.146 e. The minimum absolute atomic E-state index is 0.134. The fourth-order valence-electron chi connectivity index (χ4n) is 5.85. The van der Waals surface area contributed by atoms with Crippen molar-refractivity contribution in [2.45, 2.75) is 34.6 Å². The van der Waals surface area contributed by atoms with E-state index in [1.54, 1.807) is 22.7 Å². The Hall–Kier alpha value is -5.33. The summed E-state index contributed by atoms with van der Waals surface area (Å²) in [5.41, 5.74) is 10.2. The molecular formula is C38H26N6S4. The number of nitrogens with one attached hydrogen (secondary N) is 1. The van der Waals surface area contributed by atoms with Crippen LogP contribution in [0.25, 0.3) is 44.9 Å². The number of H-pyrrole nitrogens is 1. The van der Waals surface area contributed by atoms with Crippen molar-refractivity contribution in [3.8, 4) is 34.7 Å². The van der Waals surface area contributed by atoms with Gasteiger partial charge in [-0.2, -0.15) is 21.0 Å². The zero-order chi connectivity index (χ0) is 34.1. The standard InChI is InChI=1S/C38H26N6S4/c1-20-35(33-12-8-29(47-33)14-27-6-10-31(45-27)25(16-39)17-40)23(4)43-37(20)22(3)38-21(2)36(24(5)44-38)34-13-9-30(48-34)15-28-7-11-32(46-28)26(18-41)19-42/h6-15,43H,1-5H3/b27-14+,28-15+,38-22-. The van der Waals surface area contributed by atoms with E-state index in [2.05, 4.69) is 76.0 Å². The number of aryl methyl sites for hydroxylation is 1. The first kappa shape index (κ1) is 32.6. The Bertz CT molecular complexity index is 2630. The lowest BCUT2D eigenvalue weighted by atomic mass is 9.99. The molecule has 48 heavy (non-hydrogen) atoms. The molecule has 0 unspecified atom stereocenters. The van der Waals surface area contributed by atoms with Gasteiger partial charge in [0.15, 0.2) is 0 Å². The molecule has 0 spiro atoms. The number of aliphatic imine (C=N–C) groups is 1. The van der Waals surface area contributed by atoms with Gasteiger partial charge in [0.25, 0.3) is 0 Å². The van der Waals surface area contributed by atoms with Crippen LogP contribution in [0.3, 0.4) is 0 Å². The van der Waals surface area contributed by atoms with Crippen LogP contribution in [0.2, 0.25) is 0 Å². The number of hydrogen-bond donors (Lipinski definition) is 1. The van der Waals surface area contributed by atoms with Crippen molar-refractivity contribution in [3.63, 3.8) is 0 Å². The summed E-state index contributed by atoms with van der Waals surface area (Å²) in [6.07, 6.45) is 4.18. The Morgan fingerprint density at radius 2 is 1.21 bits per heavy atom. The Morgan fingerprint density at radius 1 is 0.688 bits per heavy atom. The topological polar surface area (TPSA) is 123 Å². The van der Waals surface area contributed by atoms with Crippen LogP contribution in [-0.2, 0) is 0 Å². The van der Waals surface area contributed by atoms with Gasteiger partial charge < -0.3 is 4.98 Å². The second kappa shape index (κ2) is 13.4. The predicted molar refractivity (Wildman–Crippen MR) is 200 cm³/mol. The highest BCUT2D eigenvalue weighted by atomic mass is 32.1. The summed E-state index contributed by atoms with van der Waals surface area (Å²) < 4.78 is 3.36. The number of thiophene rings is 4. The van der Waals surface area contributed by atoms with Gasteiger partial charge in [0.2, 0.25) is 0 Å². The molecule has 0 radical (unpaired) electrons. The van der Waals surface area contributed by atoms with Gasteiger partial charge in [0, 0.05) is 56.8 Å². The van der Waals surface area contributed by atoms with Crippen LogP contribution >= 0.6 is 45.3 Å². The van der Waals surface area contributed by atoms with Crippen molar-refractivity contribution >= 4 is 85.5 Å². The number of hydrogen-bond acceptors (Lipinski definition) is 9. The highest BCUT2D eigenvalue weighted by Crippen LogP contribution is 2.42. The summed E-state index contributed by atoms with van der Waals surface area (Å²) in [6, 6.07) is 23.9. The zero-order valence-electron chi connectivity index (χ0n) is 26.6. The normalized spacial score (nSPS) is 14.4. The average molecular weight is 695 g/mol. The van der Waals surface area contributed by atoms with Crippen LogP contribution in [0.5, 0.6) is 0 Å². The molecule has 6 rings (SSSR count). The molecule has 0 aromatic carbocycles. The summed E-state index contributed by atoms with van der Waals surface area (Å²) in [7, 11) is 0. The Morgan fingerprint density at radius 3 is 1.75 bits per heavy atom. The lowest BCUT2D eigenvalue weighted by Crippen LogP contribution is -1.96. The highest BCUT2D eigenvalue weighted by Gasteiger charge is 2.25. The largest absolute Gasteiger partial charge is 0.358 e. The maximum atomic E-state index is 9.19. The summed E-state index contributed by atoms with van der Waals surface area (Å²) in [5.74, 6) is 0. The molecule has 6 heterocycles. The molecule has 232 valence electrons. The van der Waals surface area contributed by atoms with E-state index in [4.69, 9.17) is 4.99 Å². The van der Waals surface area contributed by atoms with Crippen molar-refractivity contribution < 1.29 is 0 Å². The van der Waals surface area contributed by atoms with E-state index in [9.17, 15) is 21.0 Å². The molecule has 6 nitrogen and oxygen atoms in total. The molecule has 0 bridgehead atoms. The minimum atomic E-state index is 0.134. The molecule has 0 saturated carbocycles. The van der Waals surface area contributed by atoms with Gasteiger partial charge >= 0.3 is 0 Å². The SMILES string of the molecule is CC1=N/C(=C(/C)c2[nH]c(C)c(-c3ccc(/C=c4\ccc(=C(C#N)C#N)s4)s3)c2C)C(C)=C1c1ccc(/C=c2\ccc(=C(C#N)C#N)s2)s1. The second-order valence-electron chi connectivity index (χ2n) is 11.1. The highest BCUT2D eigenvalue weighted by molar-refractivity contribution is 7.16. The van der Waals surface area contributed by atoms with Crippen molar-refractivity contribution in [2.24, 2.45) is 4.99 Å². The molecule has 0 saturated heterocycles. The molecule has 0 aliphatic carbocycles. The van der Waals surface area contributed by atoms with Gasteiger partial charge in [-0.3, -0.25) is 4.99 Å². The predicted octanol–water partition coefficient (Wildman–Crippen LogP) is 7.28. The minimum Gasteiger partial charge on any atom is -0.358 e. The van der Waals surface area contributed by atoms with Crippen LogP contribution in [0, 0.1) is 59.2 Å². The monoisotopic (exact) mass is 694 g/mol. The molecule has 0 amide bonds. The van der Waals surface area contributed by atoms with E-state index in [0.717, 1.165) is 63.2 Å². The Balaban J connectivity index is 1.32.